The first-order valence-electron chi connectivity index (χ1n) is 12.7. The van der Waals surface area contributed by atoms with Gasteiger partial charge in [-0.05, 0) is 118 Å². The van der Waals surface area contributed by atoms with Gasteiger partial charge in [-0.25, -0.2) is 0 Å². The minimum absolute atomic E-state index is 0.108. The highest BCUT2D eigenvalue weighted by Crippen LogP contribution is 2.67. The van der Waals surface area contributed by atoms with Crippen LogP contribution in [0.15, 0.2) is 11.6 Å². The molecule has 3 saturated carbocycles. The Labute approximate surface area is 179 Å². The van der Waals surface area contributed by atoms with Gasteiger partial charge in [-0.2, -0.15) is 0 Å². The fourth-order valence-electron chi connectivity index (χ4n) is 8.64. The summed E-state index contributed by atoms with van der Waals surface area (Å²) in [7, 11) is 0. The molecule has 0 radical (unpaired) electrons. The number of allylic oxidation sites excluding steroid dienone is 1. The zero-order chi connectivity index (χ0) is 21.0. The molecule has 166 valence electrons. The Kier molecular flexibility index (Phi) is 5.78. The normalized spacial score (nSPS) is 48.9. The smallest absolute Gasteiger partial charge is 0.0657 e. The van der Waals surface area contributed by atoms with Crippen LogP contribution in [0.25, 0.3) is 0 Å². The van der Waals surface area contributed by atoms with Gasteiger partial charge in [0.2, 0.25) is 0 Å². The lowest BCUT2D eigenvalue weighted by Crippen LogP contribution is -2.52. The number of rotatable bonds is 5. The van der Waals surface area contributed by atoms with E-state index in [1.165, 1.54) is 44.9 Å². The van der Waals surface area contributed by atoms with Gasteiger partial charge in [0.05, 0.1) is 11.7 Å². The molecule has 2 nitrogen and oxygen atoms in total. The van der Waals surface area contributed by atoms with Crippen molar-refractivity contribution >= 4 is 0 Å². The van der Waals surface area contributed by atoms with Gasteiger partial charge < -0.3 is 10.2 Å². The first-order valence-corrected chi connectivity index (χ1v) is 12.7. The number of hydrogen-bond acceptors (Lipinski definition) is 2. The standard InChI is InChI=1S/C27H46O2/c1-6-20(28)9-7-18(2)22-11-12-23-21-10-8-19-17-25(3,29)15-16-26(19,4)24(21)13-14-27(22,23)5/h8,18,20-24,28-29H,6-7,9-17H2,1-5H3/t18-,20?,21+,22-,23+,24+,25+,26+,27-/m1/s1. The molecule has 1 unspecified atom stereocenters. The summed E-state index contributed by atoms with van der Waals surface area (Å²) in [5.41, 5.74) is 1.93. The predicted octanol–water partition coefficient (Wildman–Crippen LogP) is 6.50. The Hall–Kier alpha value is -0.340. The Balaban J connectivity index is 1.51. The molecule has 29 heavy (non-hydrogen) atoms. The van der Waals surface area contributed by atoms with Crippen molar-refractivity contribution in [3.63, 3.8) is 0 Å². The number of aliphatic hydroxyl groups is 2. The first-order chi connectivity index (χ1) is 13.6. The fraction of sp³-hybridized carbons (Fsp3) is 0.926. The van der Waals surface area contributed by atoms with Crippen LogP contribution in [0.2, 0.25) is 0 Å². The van der Waals surface area contributed by atoms with Crippen molar-refractivity contribution < 1.29 is 10.2 Å². The van der Waals surface area contributed by atoms with Crippen LogP contribution in [-0.4, -0.2) is 21.9 Å². The summed E-state index contributed by atoms with van der Waals surface area (Å²) in [4.78, 5) is 0. The molecule has 2 heteroatoms. The number of aliphatic hydroxyl groups excluding tert-OH is 1. The van der Waals surface area contributed by atoms with E-state index in [4.69, 9.17) is 0 Å². The molecule has 0 amide bonds. The van der Waals surface area contributed by atoms with E-state index in [9.17, 15) is 10.2 Å². The summed E-state index contributed by atoms with van der Waals surface area (Å²) < 4.78 is 0. The summed E-state index contributed by atoms with van der Waals surface area (Å²) in [6.45, 7) is 11.8. The second-order valence-electron chi connectivity index (χ2n) is 12.3. The van der Waals surface area contributed by atoms with E-state index in [2.05, 4.69) is 33.8 Å². The Morgan fingerprint density at radius 2 is 1.79 bits per heavy atom. The summed E-state index contributed by atoms with van der Waals surface area (Å²) >= 11 is 0. The fourth-order valence-corrected chi connectivity index (χ4v) is 8.64. The maximum Gasteiger partial charge on any atom is 0.0657 e. The van der Waals surface area contributed by atoms with Crippen LogP contribution < -0.4 is 0 Å². The van der Waals surface area contributed by atoms with E-state index in [-0.39, 0.29) is 6.10 Å². The van der Waals surface area contributed by atoms with Gasteiger partial charge in [-0.15, -0.1) is 0 Å². The molecule has 0 spiro atoms. The molecule has 0 aromatic heterocycles. The average Bonchev–Trinajstić information content (AvgIpc) is 3.03. The van der Waals surface area contributed by atoms with Crippen LogP contribution >= 0.6 is 0 Å². The zero-order valence-corrected chi connectivity index (χ0v) is 19.7. The molecule has 0 bridgehead atoms. The molecule has 0 aliphatic heterocycles. The van der Waals surface area contributed by atoms with Gasteiger partial charge in [0.1, 0.15) is 0 Å². The predicted molar refractivity (Wildman–Crippen MR) is 121 cm³/mol. The van der Waals surface area contributed by atoms with Gasteiger partial charge in [0, 0.05) is 0 Å². The molecule has 0 aromatic rings. The molecule has 2 N–H and O–H groups in total. The third kappa shape index (κ3) is 3.65. The minimum atomic E-state index is -0.488. The van der Waals surface area contributed by atoms with Crippen molar-refractivity contribution in [2.45, 2.75) is 117 Å². The molecular weight excluding hydrogens is 356 g/mol. The highest BCUT2D eigenvalue weighted by atomic mass is 16.3. The largest absolute Gasteiger partial charge is 0.393 e. The molecule has 4 rings (SSSR count). The van der Waals surface area contributed by atoms with Crippen LogP contribution in [-0.2, 0) is 0 Å². The molecule has 4 aliphatic rings. The molecule has 4 aliphatic carbocycles. The highest BCUT2D eigenvalue weighted by molar-refractivity contribution is 5.26. The lowest BCUT2D eigenvalue weighted by molar-refractivity contribution is -0.0708. The first kappa shape index (κ1) is 21.9. The van der Waals surface area contributed by atoms with Crippen molar-refractivity contribution in [1.29, 1.82) is 0 Å². The van der Waals surface area contributed by atoms with Crippen molar-refractivity contribution in [3.05, 3.63) is 11.6 Å². The van der Waals surface area contributed by atoms with E-state index in [1.807, 2.05) is 6.92 Å². The van der Waals surface area contributed by atoms with Crippen molar-refractivity contribution in [2.24, 2.45) is 40.4 Å². The van der Waals surface area contributed by atoms with Crippen molar-refractivity contribution in [2.75, 3.05) is 0 Å². The molecule has 0 aromatic carbocycles. The second-order valence-corrected chi connectivity index (χ2v) is 12.3. The van der Waals surface area contributed by atoms with E-state index in [0.29, 0.717) is 10.8 Å². The molecular formula is C27H46O2. The van der Waals surface area contributed by atoms with Crippen LogP contribution in [0.4, 0.5) is 0 Å². The third-order valence-electron chi connectivity index (χ3n) is 10.6. The van der Waals surface area contributed by atoms with Gasteiger partial charge in [0.15, 0.2) is 0 Å². The minimum Gasteiger partial charge on any atom is -0.393 e. The summed E-state index contributed by atoms with van der Waals surface area (Å²) in [5, 5.41) is 20.7. The van der Waals surface area contributed by atoms with Gasteiger partial charge in [-0.3, -0.25) is 0 Å². The lowest BCUT2D eigenvalue weighted by Gasteiger charge is -2.59. The van der Waals surface area contributed by atoms with Crippen LogP contribution in [0.5, 0.6) is 0 Å². The summed E-state index contributed by atoms with van der Waals surface area (Å²) in [5.74, 6) is 4.12. The molecule has 9 atom stereocenters. The van der Waals surface area contributed by atoms with Crippen LogP contribution in [0.3, 0.4) is 0 Å². The van der Waals surface area contributed by atoms with Crippen molar-refractivity contribution in [3.8, 4) is 0 Å². The average molecular weight is 403 g/mol. The molecule has 3 fully saturated rings. The van der Waals surface area contributed by atoms with Gasteiger partial charge >= 0.3 is 0 Å². The number of hydrogen-bond donors (Lipinski definition) is 2. The van der Waals surface area contributed by atoms with Gasteiger partial charge in [0.25, 0.3) is 0 Å². The van der Waals surface area contributed by atoms with Crippen LogP contribution in [0, 0.1) is 40.4 Å². The lowest BCUT2D eigenvalue weighted by atomic mass is 9.46. The van der Waals surface area contributed by atoms with E-state index < -0.39 is 5.60 Å². The van der Waals surface area contributed by atoms with E-state index in [0.717, 1.165) is 55.3 Å². The maximum atomic E-state index is 10.7. The molecule has 0 heterocycles. The van der Waals surface area contributed by atoms with Crippen molar-refractivity contribution in [1.82, 2.24) is 0 Å². The van der Waals surface area contributed by atoms with Gasteiger partial charge in [-0.1, -0.05) is 39.3 Å². The zero-order valence-electron chi connectivity index (χ0n) is 19.7. The topological polar surface area (TPSA) is 40.5 Å². The summed E-state index contributed by atoms with van der Waals surface area (Å²) in [6, 6.07) is 0. The maximum absolute atomic E-state index is 10.7. The van der Waals surface area contributed by atoms with E-state index >= 15 is 0 Å². The Morgan fingerprint density at radius 1 is 1.03 bits per heavy atom. The second kappa shape index (κ2) is 7.66. The van der Waals surface area contributed by atoms with Crippen LogP contribution in [0.1, 0.15) is 105 Å². The Bertz CT molecular complexity index is 636. The summed E-state index contributed by atoms with van der Waals surface area (Å²) in [6.07, 6.45) is 15.4. The quantitative estimate of drug-likeness (QED) is 0.515. The number of fused-ring (bicyclic) bond motifs is 5. The Morgan fingerprint density at radius 3 is 2.52 bits per heavy atom. The SMILES string of the molecule is CCC(O)CC[C@@H](C)[C@H]1CC[C@H]2[C@@H]3CC=C4C[C@@](C)(O)CC[C@]4(C)[C@H]3CC[C@]12C. The molecule has 0 saturated heterocycles. The third-order valence-corrected chi connectivity index (χ3v) is 10.6. The van der Waals surface area contributed by atoms with E-state index in [1.54, 1.807) is 5.57 Å². The highest BCUT2D eigenvalue weighted by Gasteiger charge is 2.59. The monoisotopic (exact) mass is 402 g/mol.